The summed E-state index contributed by atoms with van der Waals surface area (Å²) in [6.45, 7) is 1.30. The minimum Gasteiger partial charge on any atom is -0.497 e. The summed E-state index contributed by atoms with van der Waals surface area (Å²) in [5.74, 6) is 2.08. The zero-order valence-corrected chi connectivity index (χ0v) is 15.7. The van der Waals surface area contributed by atoms with Crippen molar-refractivity contribution in [3.05, 3.63) is 54.1 Å². The van der Waals surface area contributed by atoms with Gasteiger partial charge in [-0.2, -0.15) is 0 Å². The molecule has 0 atom stereocenters. The number of nitrogens with one attached hydrogen (secondary N) is 1. The number of aromatic amines is 1. The lowest BCUT2D eigenvalue weighted by Gasteiger charge is -2.31. The molecule has 28 heavy (non-hydrogen) atoms. The molecule has 4 rings (SSSR count). The van der Waals surface area contributed by atoms with Crippen molar-refractivity contribution in [2.75, 3.05) is 26.8 Å². The monoisotopic (exact) mass is 383 g/mol. The molecular formula is C21H22FN3O3. The number of halogens is 1. The zero-order chi connectivity index (χ0) is 19.5. The number of nitrogens with zero attached hydrogens (tertiary/aromatic N) is 2. The number of H-pyrrole nitrogens is 1. The van der Waals surface area contributed by atoms with Crippen molar-refractivity contribution in [2.24, 2.45) is 0 Å². The Labute approximate surface area is 162 Å². The Morgan fingerprint density at radius 1 is 1.21 bits per heavy atom. The van der Waals surface area contributed by atoms with Crippen molar-refractivity contribution in [1.29, 1.82) is 0 Å². The number of methoxy groups -OCH3 is 1. The van der Waals surface area contributed by atoms with E-state index in [9.17, 15) is 9.18 Å². The Bertz CT molecular complexity index is 980. The summed E-state index contributed by atoms with van der Waals surface area (Å²) in [5.41, 5.74) is 1.47. The number of carbonyl (C=O) groups excluding carboxylic acids is 1. The number of hydrogen-bond acceptors (Lipinski definition) is 4. The van der Waals surface area contributed by atoms with Crippen molar-refractivity contribution in [3.8, 4) is 11.5 Å². The van der Waals surface area contributed by atoms with Gasteiger partial charge in [0, 0.05) is 25.1 Å². The number of piperidine rings is 1. The molecule has 1 aliphatic heterocycles. The summed E-state index contributed by atoms with van der Waals surface area (Å²) in [6.07, 6.45) is 1.63. The van der Waals surface area contributed by atoms with Crippen LogP contribution < -0.4 is 9.47 Å². The molecule has 6 nitrogen and oxygen atoms in total. The maximum atomic E-state index is 13.4. The fourth-order valence-electron chi connectivity index (χ4n) is 3.52. The van der Waals surface area contributed by atoms with Gasteiger partial charge in [-0.15, -0.1) is 0 Å². The van der Waals surface area contributed by atoms with E-state index in [1.807, 2.05) is 17.0 Å². The molecule has 7 heteroatoms. The lowest BCUT2D eigenvalue weighted by atomic mass is 9.96. The van der Waals surface area contributed by atoms with E-state index in [4.69, 9.17) is 9.47 Å². The number of amides is 1. The molecule has 1 aromatic heterocycles. The number of carbonyl (C=O) groups is 1. The van der Waals surface area contributed by atoms with Crippen LogP contribution in [0.3, 0.4) is 0 Å². The van der Waals surface area contributed by atoms with Gasteiger partial charge in [0.05, 0.1) is 18.1 Å². The van der Waals surface area contributed by atoms with Crippen LogP contribution in [0, 0.1) is 5.82 Å². The summed E-state index contributed by atoms with van der Waals surface area (Å²) in [4.78, 5) is 22.1. The lowest BCUT2D eigenvalue weighted by molar-refractivity contribution is -0.134. The van der Waals surface area contributed by atoms with Crippen LogP contribution in [-0.2, 0) is 4.79 Å². The van der Waals surface area contributed by atoms with Crippen molar-refractivity contribution in [1.82, 2.24) is 14.9 Å². The number of ether oxygens (including phenoxy) is 2. The summed E-state index contributed by atoms with van der Waals surface area (Å²) in [7, 11) is 1.59. The Morgan fingerprint density at radius 2 is 2.00 bits per heavy atom. The van der Waals surface area contributed by atoms with Crippen LogP contribution in [0.5, 0.6) is 11.5 Å². The standard InChI is InChI=1S/C21H22FN3O3/c1-27-16-3-2-4-17(12-16)28-13-20(26)25-9-7-14(8-10-25)21-23-18-6-5-15(22)11-19(18)24-21/h2-6,11-12,14H,7-10,13H2,1H3,(H,23,24). The van der Waals surface area contributed by atoms with E-state index < -0.39 is 0 Å². The third kappa shape index (κ3) is 3.93. The molecule has 0 bridgehead atoms. The highest BCUT2D eigenvalue weighted by molar-refractivity contribution is 5.78. The Morgan fingerprint density at radius 3 is 2.79 bits per heavy atom. The Kier molecular flexibility index (Phi) is 5.14. The van der Waals surface area contributed by atoms with Crippen LogP contribution in [0.15, 0.2) is 42.5 Å². The third-order valence-corrected chi connectivity index (χ3v) is 5.10. The Balaban J connectivity index is 1.32. The number of rotatable bonds is 5. The third-order valence-electron chi connectivity index (χ3n) is 5.10. The van der Waals surface area contributed by atoms with Crippen molar-refractivity contribution >= 4 is 16.9 Å². The van der Waals surface area contributed by atoms with Crippen molar-refractivity contribution in [3.63, 3.8) is 0 Å². The van der Waals surface area contributed by atoms with E-state index in [1.165, 1.54) is 12.1 Å². The minimum absolute atomic E-state index is 0.00173. The van der Waals surface area contributed by atoms with Gasteiger partial charge in [-0.3, -0.25) is 4.79 Å². The zero-order valence-electron chi connectivity index (χ0n) is 15.7. The fourth-order valence-corrected chi connectivity index (χ4v) is 3.52. The molecule has 0 radical (unpaired) electrons. The molecule has 0 aliphatic carbocycles. The van der Waals surface area contributed by atoms with E-state index in [-0.39, 0.29) is 24.2 Å². The summed E-state index contributed by atoms with van der Waals surface area (Å²) < 4.78 is 24.1. The number of fused-ring (bicyclic) bond motifs is 1. The Hall–Kier alpha value is -3.09. The van der Waals surface area contributed by atoms with Crippen LogP contribution in [0.2, 0.25) is 0 Å². The van der Waals surface area contributed by atoms with Gasteiger partial charge in [0.2, 0.25) is 0 Å². The predicted molar refractivity (Wildman–Crippen MR) is 103 cm³/mol. The molecule has 2 heterocycles. The molecule has 0 saturated carbocycles. The van der Waals surface area contributed by atoms with Gasteiger partial charge in [-0.05, 0) is 43.2 Å². The normalized spacial score (nSPS) is 15.0. The number of hydrogen-bond donors (Lipinski definition) is 1. The van der Waals surface area contributed by atoms with Gasteiger partial charge >= 0.3 is 0 Å². The summed E-state index contributed by atoms with van der Waals surface area (Å²) in [6, 6.07) is 11.8. The molecule has 1 saturated heterocycles. The smallest absolute Gasteiger partial charge is 0.260 e. The molecule has 2 aromatic carbocycles. The van der Waals surface area contributed by atoms with E-state index >= 15 is 0 Å². The second kappa shape index (κ2) is 7.88. The van der Waals surface area contributed by atoms with E-state index in [0.29, 0.717) is 30.1 Å². The average Bonchev–Trinajstić information content (AvgIpc) is 3.15. The molecule has 0 unspecified atom stereocenters. The van der Waals surface area contributed by atoms with Gasteiger partial charge in [-0.1, -0.05) is 6.07 Å². The molecule has 146 valence electrons. The highest BCUT2D eigenvalue weighted by Crippen LogP contribution is 2.28. The first kappa shape index (κ1) is 18.3. The molecule has 0 spiro atoms. The number of imidazole rings is 1. The van der Waals surface area contributed by atoms with E-state index in [1.54, 1.807) is 25.3 Å². The van der Waals surface area contributed by atoms with Crippen LogP contribution in [0.1, 0.15) is 24.6 Å². The van der Waals surface area contributed by atoms with Gasteiger partial charge < -0.3 is 19.4 Å². The van der Waals surface area contributed by atoms with E-state index in [0.717, 1.165) is 24.2 Å². The molecular weight excluding hydrogens is 361 g/mol. The molecule has 1 fully saturated rings. The number of benzene rings is 2. The second-order valence-electron chi connectivity index (χ2n) is 6.91. The van der Waals surface area contributed by atoms with Crippen LogP contribution in [-0.4, -0.2) is 47.6 Å². The molecule has 1 aliphatic rings. The van der Waals surface area contributed by atoms with Crippen LogP contribution >= 0.6 is 0 Å². The predicted octanol–water partition coefficient (Wildman–Crippen LogP) is 3.50. The molecule has 1 amide bonds. The van der Waals surface area contributed by atoms with Crippen molar-refractivity contribution < 1.29 is 18.7 Å². The highest BCUT2D eigenvalue weighted by Gasteiger charge is 2.26. The van der Waals surface area contributed by atoms with Crippen LogP contribution in [0.4, 0.5) is 4.39 Å². The highest BCUT2D eigenvalue weighted by atomic mass is 19.1. The number of aromatic nitrogens is 2. The lowest BCUT2D eigenvalue weighted by Crippen LogP contribution is -2.40. The summed E-state index contributed by atoms with van der Waals surface area (Å²) in [5, 5.41) is 0. The van der Waals surface area contributed by atoms with Crippen molar-refractivity contribution in [2.45, 2.75) is 18.8 Å². The quantitative estimate of drug-likeness (QED) is 0.732. The van der Waals surface area contributed by atoms with Gasteiger partial charge in [-0.25, -0.2) is 9.37 Å². The topological polar surface area (TPSA) is 67.5 Å². The first-order valence-corrected chi connectivity index (χ1v) is 9.32. The fraction of sp³-hybridized carbons (Fsp3) is 0.333. The SMILES string of the molecule is COc1cccc(OCC(=O)N2CCC(c3nc4ccc(F)cc4[nH]3)CC2)c1. The maximum Gasteiger partial charge on any atom is 0.260 e. The van der Waals surface area contributed by atoms with Gasteiger partial charge in [0.1, 0.15) is 23.1 Å². The first-order chi connectivity index (χ1) is 13.6. The minimum atomic E-state index is -0.279. The summed E-state index contributed by atoms with van der Waals surface area (Å²) >= 11 is 0. The molecule has 3 aromatic rings. The van der Waals surface area contributed by atoms with Gasteiger partial charge in [0.25, 0.3) is 5.91 Å². The number of likely N-dealkylation sites (tertiary alicyclic amines) is 1. The maximum absolute atomic E-state index is 13.4. The van der Waals surface area contributed by atoms with Crippen LogP contribution in [0.25, 0.3) is 11.0 Å². The van der Waals surface area contributed by atoms with E-state index in [2.05, 4.69) is 9.97 Å². The molecule has 1 N–H and O–H groups in total. The average molecular weight is 383 g/mol. The largest absolute Gasteiger partial charge is 0.497 e. The first-order valence-electron chi connectivity index (χ1n) is 9.32. The van der Waals surface area contributed by atoms with Gasteiger partial charge in [0.15, 0.2) is 6.61 Å². The second-order valence-corrected chi connectivity index (χ2v) is 6.91.